The van der Waals surface area contributed by atoms with Crippen LogP contribution >= 0.6 is 0 Å². The van der Waals surface area contributed by atoms with Crippen LogP contribution in [0.15, 0.2) is 30.7 Å². The molecule has 0 fully saturated rings. The first-order valence-corrected chi connectivity index (χ1v) is 3.91. The molecule has 2 heterocycles. The SMILES string of the molecule is O=[C]c1cnn(Cc2ccc[nH]2)c1. The lowest BCUT2D eigenvalue weighted by Gasteiger charge is -1.96. The smallest absolute Gasteiger partial charge is 0.236 e. The van der Waals surface area contributed by atoms with E-state index in [-0.39, 0.29) is 0 Å². The van der Waals surface area contributed by atoms with Crippen molar-refractivity contribution in [1.29, 1.82) is 0 Å². The molecular formula is C9H8N3O. The number of H-pyrrole nitrogens is 1. The predicted molar refractivity (Wildman–Crippen MR) is 46.9 cm³/mol. The molecule has 0 atom stereocenters. The number of aromatic nitrogens is 3. The van der Waals surface area contributed by atoms with Gasteiger partial charge in [0.15, 0.2) is 0 Å². The van der Waals surface area contributed by atoms with Gasteiger partial charge in [0.05, 0.1) is 18.3 Å². The van der Waals surface area contributed by atoms with Gasteiger partial charge in [0.1, 0.15) is 0 Å². The Labute approximate surface area is 75.2 Å². The highest BCUT2D eigenvalue weighted by Gasteiger charge is 1.98. The summed E-state index contributed by atoms with van der Waals surface area (Å²) in [5.41, 5.74) is 1.53. The largest absolute Gasteiger partial charge is 0.363 e. The molecule has 0 aromatic carbocycles. The van der Waals surface area contributed by atoms with Crippen molar-refractivity contribution in [2.24, 2.45) is 0 Å². The van der Waals surface area contributed by atoms with E-state index in [9.17, 15) is 4.79 Å². The van der Waals surface area contributed by atoms with E-state index in [1.807, 2.05) is 18.3 Å². The maximum atomic E-state index is 10.2. The van der Waals surface area contributed by atoms with Crippen LogP contribution in [0.2, 0.25) is 0 Å². The van der Waals surface area contributed by atoms with Gasteiger partial charge in [-0.2, -0.15) is 5.10 Å². The molecule has 2 rings (SSSR count). The van der Waals surface area contributed by atoms with Crippen molar-refractivity contribution >= 4 is 6.29 Å². The minimum Gasteiger partial charge on any atom is -0.363 e. The monoisotopic (exact) mass is 174 g/mol. The summed E-state index contributed by atoms with van der Waals surface area (Å²) in [4.78, 5) is 13.3. The summed E-state index contributed by atoms with van der Waals surface area (Å²) < 4.78 is 1.69. The van der Waals surface area contributed by atoms with Gasteiger partial charge in [-0.1, -0.05) is 0 Å². The fraction of sp³-hybridized carbons (Fsp3) is 0.111. The van der Waals surface area contributed by atoms with E-state index in [2.05, 4.69) is 10.1 Å². The Bertz CT molecular complexity index is 389. The Morgan fingerprint density at radius 2 is 2.54 bits per heavy atom. The Morgan fingerprint density at radius 3 is 3.15 bits per heavy atom. The predicted octanol–water partition coefficient (Wildman–Crippen LogP) is 0.717. The topological polar surface area (TPSA) is 50.7 Å². The summed E-state index contributed by atoms with van der Waals surface area (Å²) in [7, 11) is 0. The van der Waals surface area contributed by atoms with Crippen LogP contribution in [0.4, 0.5) is 0 Å². The number of hydrogen-bond acceptors (Lipinski definition) is 2. The molecule has 1 radical (unpaired) electrons. The van der Waals surface area contributed by atoms with Crippen molar-refractivity contribution in [3.8, 4) is 0 Å². The molecule has 0 amide bonds. The van der Waals surface area contributed by atoms with Gasteiger partial charge in [-0.3, -0.25) is 9.48 Å². The molecule has 0 aliphatic carbocycles. The Kier molecular flexibility index (Phi) is 1.96. The molecule has 4 heteroatoms. The molecule has 2 aromatic rings. The van der Waals surface area contributed by atoms with Gasteiger partial charge in [-0.15, -0.1) is 0 Å². The highest BCUT2D eigenvalue weighted by molar-refractivity contribution is 5.73. The molecule has 13 heavy (non-hydrogen) atoms. The van der Waals surface area contributed by atoms with Crippen molar-refractivity contribution in [3.05, 3.63) is 42.0 Å². The average molecular weight is 174 g/mol. The first kappa shape index (κ1) is 7.79. The first-order valence-electron chi connectivity index (χ1n) is 3.91. The van der Waals surface area contributed by atoms with Crippen LogP contribution in [-0.4, -0.2) is 21.1 Å². The lowest BCUT2D eigenvalue weighted by Crippen LogP contribution is -1.99. The van der Waals surface area contributed by atoms with E-state index in [1.54, 1.807) is 17.2 Å². The van der Waals surface area contributed by atoms with Crippen molar-refractivity contribution in [2.75, 3.05) is 0 Å². The van der Waals surface area contributed by atoms with Gasteiger partial charge >= 0.3 is 0 Å². The number of hydrogen-bond donors (Lipinski definition) is 1. The van der Waals surface area contributed by atoms with Crippen LogP contribution in [-0.2, 0) is 11.3 Å². The second-order valence-corrected chi connectivity index (χ2v) is 2.72. The molecule has 2 aromatic heterocycles. The lowest BCUT2D eigenvalue weighted by atomic mass is 10.4. The molecular weight excluding hydrogens is 166 g/mol. The number of aromatic amines is 1. The molecule has 0 spiro atoms. The fourth-order valence-corrected chi connectivity index (χ4v) is 1.14. The molecule has 65 valence electrons. The summed E-state index contributed by atoms with van der Waals surface area (Å²) in [5.74, 6) is 0. The highest BCUT2D eigenvalue weighted by Crippen LogP contribution is 1.99. The molecule has 0 saturated carbocycles. The van der Waals surface area contributed by atoms with E-state index >= 15 is 0 Å². The second kappa shape index (κ2) is 3.26. The van der Waals surface area contributed by atoms with Gasteiger partial charge in [0.25, 0.3) is 0 Å². The van der Waals surface area contributed by atoms with Crippen molar-refractivity contribution in [2.45, 2.75) is 6.54 Å². The maximum absolute atomic E-state index is 10.2. The number of nitrogens with zero attached hydrogens (tertiary/aromatic N) is 2. The van der Waals surface area contributed by atoms with E-state index in [0.29, 0.717) is 12.1 Å². The van der Waals surface area contributed by atoms with E-state index in [1.165, 1.54) is 6.20 Å². The maximum Gasteiger partial charge on any atom is 0.236 e. The molecule has 0 aliphatic heterocycles. The molecule has 0 unspecified atom stereocenters. The van der Waals surface area contributed by atoms with Gasteiger partial charge in [0.2, 0.25) is 6.29 Å². The summed E-state index contributed by atoms with van der Waals surface area (Å²) >= 11 is 0. The number of nitrogens with one attached hydrogen (secondary N) is 1. The van der Waals surface area contributed by atoms with Crippen molar-refractivity contribution in [1.82, 2.24) is 14.8 Å². The molecule has 0 saturated heterocycles. The minimum atomic E-state index is 0.478. The third-order valence-corrected chi connectivity index (χ3v) is 1.75. The van der Waals surface area contributed by atoms with E-state index in [0.717, 1.165) is 5.69 Å². The fourth-order valence-electron chi connectivity index (χ4n) is 1.14. The zero-order chi connectivity index (χ0) is 9.10. The van der Waals surface area contributed by atoms with Gasteiger partial charge in [-0.25, -0.2) is 0 Å². The zero-order valence-corrected chi connectivity index (χ0v) is 6.90. The van der Waals surface area contributed by atoms with Crippen LogP contribution in [0.1, 0.15) is 11.3 Å². The average Bonchev–Trinajstić information content (AvgIpc) is 2.76. The first-order chi connectivity index (χ1) is 6.38. The third kappa shape index (κ3) is 1.66. The van der Waals surface area contributed by atoms with Crippen molar-refractivity contribution in [3.63, 3.8) is 0 Å². The van der Waals surface area contributed by atoms with Crippen LogP contribution in [0.3, 0.4) is 0 Å². The van der Waals surface area contributed by atoms with Crippen LogP contribution in [0.25, 0.3) is 0 Å². The normalized spacial score (nSPS) is 10.2. The molecule has 4 nitrogen and oxygen atoms in total. The highest BCUT2D eigenvalue weighted by atomic mass is 16.1. The van der Waals surface area contributed by atoms with Crippen LogP contribution in [0, 0.1) is 0 Å². The molecule has 1 N–H and O–H groups in total. The summed E-state index contributed by atoms with van der Waals surface area (Å²) in [6.45, 7) is 0.648. The molecule has 0 bridgehead atoms. The Balaban J connectivity index is 2.14. The molecule has 0 aliphatic rings. The lowest BCUT2D eigenvalue weighted by molar-refractivity contribution is 0.562. The van der Waals surface area contributed by atoms with Gasteiger partial charge in [-0.05, 0) is 12.1 Å². The standard InChI is InChI=1S/C9H8N3O/c13-7-8-4-11-12(5-8)6-9-2-1-3-10-9/h1-5,10H,6H2. The summed E-state index contributed by atoms with van der Waals surface area (Å²) in [6.07, 6.45) is 6.79. The zero-order valence-electron chi connectivity index (χ0n) is 6.90. The van der Waals surface area contributed by atoms with Crippen LogP contribution < -0.4 is 0 Å². The second-order valence-electron chi connectivity index (χ2n) is 2.72. The third-order valence-electron chi connectivity index (χ3n) is 1.75. The van der Waals surface area contributed by atoms with E-state index < -0.39 is 0 Å². The van der Waals surface area contributed by atoms with E-state index in [4.69, 9.17) is 0 Å². The Hall–Kier alpha value is -1.84. The quantitative estimate of drug-likeness (QED) is 0.745. The van der Waals surface area contributed by atoms with Gasteiger partial charge < -0.3 is 4.98 Å². The Morgan fingerprint density at radius 1 is 1.62 bits per heavy atom. The number of carbonyl (C=O) groups excluding carboxylic acids is 1. The van der Waals surface area contributed by atoms with Gasteiger partial charge in [0, 0.05) is 18.1 Å². The van der Waals surface area contributed by atoms with Crippen molar-refractivity contribution < 1.29 is 4.79 Å². The summed E-state index contributed by atoms with van der Waals surface area (Å²) in [5, 5.41) is 4.00. The van der Waals surface area contributed by atoms with Crippen LogP contribution in [0.5, 0.6) is 0 Å². The minimum absolute atomic E-state index is 0.478. The number of rotatable bonds is 3. The summed E-state index contributed by atoms with van der Waals surface area (Å²) in [6, 6.07) is 3.89.